The van der Waals surface area contributed by atoms with Gasteiger partial charge in [0.15, 0.2) is 5.17 Å². The average molecular weight is 540 g/mol. The van der Waals surface area contributed by atoms with Crippen LogP contribution in [0.4, 0.5) is 5.69 Å². The molecule has 0 atom stereocenters. The second-order valence-electron chi connectivity index (χ2n) is 9.46. The summed E-state index contributed by atoms with van der Waals surface area (Å²) < 4.78 is 5.97. The molecule has 192 valence electrons. The van der Waals surface area contributed by atoms with Crippen molar-refractivity contribution >= 4 is 40.3 Å². The van der Waals surface area contributed by atoms with E-state index in [4.69, 9.17) is 9.73 Å². The first-order chi connectivity index (χ1) is 18.7. The summed E-state index contributed by atoms with van der Waals surface area (Å²) >= 11 is 3.16. The van der Waals surface area contributed by atoms with Crippen LogP contribution >= 0.6 is 23.5 Å². The van der Waals surface area contributed by atoms with Crippen LogP contribution in [0.5, 0.6) is 5.75 Å². The van der Waals surface area contributed by atoms with Crippen molar-refractivity contribution < 1.29 is 9.53 Å². The summed E-state index contributed by atoms with van der Waals surface area (Å²) in [6.45, 7) is 1.04. The largest absolute Gasteiger partial charge is 0.489 e. The van der Waals surface area contributed by atoms with E-state index in [2.05, 4.69) is 42.3 Å². The van der Waals surface area contributed by atoms with E-state index in [1.165, 1.54) is 27.9 Å². The summed E-state index contributed by atoms with van der Waals surface area (Å²) in [6.07, 6.45) is 15.1. The third kappa shape index (κ3) is 5.26. The number of hydrogen-bond donors (Lipinski definition) is 0. The van der Waals surface area contributed by atoms with E-state index >= 15 is 0 Å². The molecule has 38 heavy (non-hydrogen) atoms. The van der Waals surface area contributed by atoms with E-state index in [0.717, 1.165) is 52.6 Å². The molecular formula is C31H29N3O2S2. The summed E-state index contributed by atoms with van der Waals surface area (Å²) in [5.41, 5.74) is 4.37. The Hall–Kier alpha value is -3.42. The summed E-state index contributed by atoms with van der Waals surface area (Å²) in [5.74, 6) is 0.811. The number of amidine groups is 1. The maximum atomic E-state index is 13.8. The van der Waals surface area contributed by atoms with E-state index in [1.54, 1.807) is 16.7 Å². The second kappa shape index (κ2) is 11.1. The van der Waals surface area contributed by atoms with Crippen LogP contribution < -0.4 is 4.74 Å². The minimum atomic E-state index is 0.00421. The van der Waals surface area contributed by atoms with Crippen molar-refractivity contribution in [3.05, 3.63) is 117 Å². The quantitative estimate of drug-likeness (QED) is 0.355. The fourth-order valence-corrected chi connectivity index (χ4v) is 7.16. The molecule has 5 nitrogen and oxygen atoms in total. The van der Waals surface area contributed by atoms with Crippen LogP contribution in [0.3, 0.4) is 0 Å². The number of thioether (sulfide) groups is 2. The van der Waals surface area contributed by atoms with Crippen molar-refractivity contribution in [3.63, 3.8) is 0 Å². The fourth-order valence-electron chi connectivity index (χ4n) is 4.74. The minimum Gasteiger partial charge on any atom is -0.489 e. The maximum absolute atomic E-state index is 13.8. The van der Waals surface area contributed by atoms with Gasteiger partial charge in [-0.25, -0.2) is 4.99 Å². The Kier molecular flexibility index (Phi) is 7.29. The zero-order valence-corrected chi connectivity index (χ0v) is 22.9. The molecule has 4 aliphatic rings. The van der Waals surface area contributed by atoms with E-state index in [-0.39, 0.29) is 5.91 Å². The Balaban J connectivity index is 1.26. The molecule has 2 aliphatic carbocycles. The minimum absolute atomic E-state index is 0.00421. The number of hydrogen-bond acceptors (Lipinski definition) is 6. The molecule has 0 N–H and O–H groups in total. The molecule has 0 unspecified atom stereocenters. The van der Waals surface area contributed by atoms with Crippen LogP contribution in [0.15, 0.2) is 116 Å². The number of benzene rings is 2. The van der Waals surface area contributed by atoms with Crippen molar-refractivity contribution in [2.75, 3.05) is 13.7 Å². The van der Waals surface area contributed by atoms with Gasteiger partial charge in [-0.05, 0) is 72.8 Å². The van der Waals surface area contributed by atoms with Gasteiger partial charge in [0.25, 0.3) is 5.91 Å². The third-order valence-electron chi connectivity index (χ3n) is 6.80. The van der Waals surface area contributed by atoms with Crippen LogP contribution in [-0.4, -0.2) is 34.5 Å². The molecule has 0 radical (unpaired) electrons. The number of amides is 1. The highest BCUT2D eigenvalue weighted by Crippen LogP contribution is 2.49. The Morgan fingerprint density at radius 1 is 0.947 bits per heavy atom. The first-order valence-electron chi connectivity index (χ1n) is 12.9. The molecule has 0 aromatic heterocycles. The third-order valence-corrected chi connectivity index (χ3v) is 9.26. The van der Waals surface area contributed by atoms with Crippen molar-refractivity contribution in [2.45, 2.75) is 32.2 Å². The molecule has 1 fully saturated rings. The van der Waals surface area contributed by atoms with Gasteiger partial charge in [-0.15, -0.1) is 0 Å². The molecule has 2 aromatic rings. The molecule has 0 spiro atoms. The summed E-state index contributed by atoms with van der Waals surface area (Å²) in [6, 6.07) is 17.9. The van der Waals surface area contributed by atoms with Gasteiger partial charge in [0.05, 0.1) is 17.3 Å². The molecule has 0 saturated carbocycles. The fraction of sp³-hybridized carbons (Fsp3) is 0.226. The lowest BCUT2D eigenvalue weighted by atomic mass is 10.1. The summed E-state index contributed by atoms with van der Waals surface area (Å²) in [7, 11) is 2.07. The summed E-state index contributed by atoms with van der Waals surface area (Å²) in [4.78, 5) is 24.7. The van der Waals surface area contributed by atoms with Gasteiger partial charge < -0.3 is 9.64 Å². The lowest BCUT2D eigenvalue weighted by molar-refractivity contribution is -0.122. The number of nitrogens with zero attached hydrogens (tertiary/aromatic N) is 3. The zero-order chi connectivity index (χ0) is 25.9. The van der Waals surface area contributed by atoms with Crippen LogP contribution in [0, 0.1) is 0 Å². The predicted octanol–water partition coefficient (Wildman–Crippen LogP) is 7.51. The van der Waals surface area contributed by atoms with Crippen molar-refractivity contribution in [3.8, 4) is 5.75 Å². The molecule has 2 aliphatic heterocycles. The second-order valence-corrected chi connectivity index (χ2v) is 11.5. The number of allylic oxidation sites excluding steroid dienone is 5. The van der Waals surface area contributed by atoms with E-state index in [0.29, 0.717) is 18.3 Å². The Morgan fingerprint density at radius 2 is 1.76 bits per heavy atom. The average Bonchev–Trinajstić information content (AvgIpc) is 3.45. The molecule has 0 bridgehead atoms. The van der Waals surface area contributed by atoms with Crippen LogP contribution in [0.2, 0.25) is 0 Å². The molecule has 2 heterocycles. The molecule has 1 saturated heterocycles. The van der Waals surface area contributed by atoms with Gasteiger partial charge >= 0.3 is 0 Å². The molecule has 2 aromatic carbocycles. The number of carbonyl (C=O) groups excluding carboxylic acids is 1. The molecule has 6 rings (SSSR count). The summed E-state index contributed by atoms with van der Waals surface area (Å²) in [5, 5.41) is 1.69. The van der Waals surface area contributed by atoms with Crippen molar-refractivity contribution in [1.82, 2.24) is 9.80 Å². The lowest BCUT2D eigenvalue weighted by Gasteiger charge is -2.19. The smallest absolute Gasteiger partial charge is 0.269 e. The van der Waals surface area contributed by atoms with Gasteiger partial charge in [-0.2, -0.15) is 0 Å². The highest BCUT2D eigenvalue weighted by molar-refractivity contribution is 8.19. The normalized spacial score (nSPS) is 22.0. The van der Waals surface area contributed by atoms with Crippen LogP contribution in [0.1, 0.15) is 31.2 Å². The van der Waals surface area contributed by atoms with Crippen molar-refractivity contribution in [2.24, 2.45) is 4.99 Å². The van der Waals surface area contributed by atoms with E-state index < -0.39 is 0 Å². The highest BCUT2D eigenvalue weighted by atomic mass is 32.2. The number of carbonyl (C=O) groups is 1. The molecule has 1 amide bonds. The van der Waals surface area contributed by atoms with Gasteiger partial charge in [-0.3, -0.25) is 9.69 Å². The van der Waals surface area contributed by atoms with Gasteiger partial charge in [0, 0.05) is 17.6 Å². The molecule has 7 heteroatoms. The van der Waals surface area contributed by atoms with E-state index in [9.17, 15) is 4.79 Å². The van der Waals surface area contributed by atoms with Gasteiger partial charge in [-0.1, -0.05) is 72.5 Å². The standard InChI is InChI=1S/C31H29N3O2S2/c1-33-26-14-8-9-15-27(26)37-30(33)28-29(35)34(20-22-10-4-2-5-11-22)31(38-28)32-24-16-18-25(19-17-24)36-21-23-12-6-3-7-13-23/h2,4-6,9-13,15-19H,3,7-8,14,20-21H2,1H3/b30-28-,32-31?. The number of rotatable bonds is 6. The van der Waals surface area contributed by atoms with Gasteiger partial charge in [0.2, 0.25) is 0 Å². The Morgan fingerprint density at radius 3 is 2.53 bits per heavy atom. The topological polar surface area (TPSA) is 45.1 Å². The first kappa shape index (κ1) is 24.9. The predicted molar refractivity (Wildman–Crippen MR) is 158 cm³/mol. The Labute approximate surface area is 232 Å². The van der Waals surface area contributed by atoms with E-state index in [1.807, 2.05) is 54.6 Å². The van der Waals surface area contributed by atoms with Crippen LogP contribution in [-0.2, 0) is 11.3 Å². The number of ether oxygens (including phenoxy) is 1. The lowest BCUT2D eigenvalue weighted by Crippen LogP contribution is -2.29. The number of aliphatic imine (C=N–C) groups is 1. The maximum Gasteiger partial charge on any atom is 0.269 e. The monoisotopic (exact) mass is 539 g/mol. The zero-order valence-electron chi connectivity index (χ0n) is 21.3. The molecular weight excluding hydrogens is 510 g/mol. The SMILES string of the molecule is CN1C2=C(C=CCC2)S/C1=C1\SC(=Nc2ccc(OCC3=CCCC=C3)cc2)N(Cc2ccccc2)C1=O. The van der Waals surface area contributed by atoms with Gasteiger partial charge in [0.1, 0.15) is 17.3 Å². The Bertz CT molecular complexity index is 1420. The first-order valence-corrected chi connectivity index (χ1v) is 14.6. The van der Waals surface area contributed by atoms with Crippen LogP contribution in [0.25, 0.3) is 0 Å². The van der Waals surface area contributed by atoms with Crippen molar-refractivity contribution in [1.29, 1.82) is 0 Å². The highest BCUT2D eigenvalue weighted by Gasteiger charge is 2.39.